The maximum Gasteiger partial charge on any atom is 2.00 e. The summed E-state index contributed by atoms with van der Waals surface area (Å²) < 4.78 is 0. The van der Waals surface area contributed by atoms with Crippen molar-refractivity contribution in [1.29, 1.82) is 0 Å². The smallest absolute Gasteiger partial charge is 0.352 e. The summed E-state index contributed by atoms with van der Waals surface area (Å²) in [4.78, 5) is 14.4. The van der Waals surface area contributed by atoms with Crippen molar-refractivity contribution in [1.82, 2.24) is 9.97 Å². The van der Waals surface area contributed by atoms with Crippen LogP contribution in [0.3, 0.4) is 0 Å². The summed E-state index contributed by atoms with van der Waals surface area (Å²) >= 11 is 0. The van der Waals surface area contributed by atoms with E-state index in [0.29, 0.717) is 0 Å². The number of fused-ring (bicyclic) bond motifs is 20. The second kappa shape index (κ2) is 18.6. The first-order chi connectivity index (χ1) is 37.7. The van der Waals surface area contributed by atoms with Gasteiger partial charge in [-0.15, -0.1) is 58.7 Å². The van der Waals surface area contributed by atoms with Crippen LogP contribution in [0.1, 0.15) is 44.5 Å². The molecule has 0 unspecified atom stereocenters. The van der Waals surface area contributed by atoms with E-state index in [-0.39, 0.29) is 21.1 Å². The molecular weight excluding hydrogens is 1120 g/mol. The Bertz CT molecular complexity index is 3720. The number of benzene rings is 10. The molecule has 4 aliphatic carbocycles. The van der Waals surface area contributed by atoms with E-state index >= 15 is 0 Å². The zero-order valence-corrected chi connectivity index (χ0v) is 43.9. The van der Waals surface area contributed by atoms with Crippen molar-refractivity contribution >= 4 is 34.1 Å². The van der Waals surface area contributed by atoms with Crippen LogP contribution in [0.15, 0.2) is 279 Å². The van der Waals surface area contributed by atoms with Gasteiger partial charge in [0.05, 0.1) is 0 Å². The summed E-state index contributed by atoms with van der Waals surface area (Å²) in [5.41, 5.74) is 25.3. The molecule has 0 saturated heterocycles. The first-order valence-corrected chi connectivity index (χ1v) is 26.0. The molecular formula is C72H46N4Pt. The van der Waals surface area contributed by atoms with E-state index in [9.17, 15) is 0 Å². The van der Waals surface area contributed by atoms with Gasteiger partial charge in [0, 0.05) is 46.0 Å². The molecule has 77 heavy (non-hydrogen) atoms. The molecule has 364 valence electrons. The Kier molecular flexibility index (Phi) is 11.2. The van der Waals surface area contributed by atoms with Crippen LogP contribution in [0, 0.1) is 12.1 Å². The van der Waals surface area contributed by atoms with Gasteiger partial charge in [-0.05, 0) is 128 Å². The zero-order chi connectivity index (χ0) is 50.2. The third kappa shape index (κ3) is 6.82. The van der Waals surface area contributed by atoms with Crippen molar-refractivity contribution in [3.63, 3.8) is 0 Å². The molecule has 0 saturated carbocycles. The molecule has 0 N–H and O–H groups in total. The number of pyridine rings is 2. The first kappa shape index (κ1) is 46.3. The SMILES string of the molecule is [Pt+2].[c-]1cc(N(c2ccccc2)c2ccccc2)cc2c1-c1ncccc1C21c2ccccc2-c2ccccc21.[c-]1cc(N(c2ccccc2)c2ccccc2)cc2c1-c1ncccc1C21c2ccccc2-c2ccccc21. The number of nitrogens with zero attached hydrogens (tertiary/aromatic N) is 4. The van der Waals surface area contributed by atoms with Crippen molar-refractivity contribution in [2.75, 3.05) is 9.80 Å². The van der Waals surface area contributed by atoms with Crippen molar-refractivity contribution < 1.29 is 21.1 Å². The predicted molar refractivity (Wildman–Crippen MR) is 308 cm³/mol. The van der Waals surface area contributed by atoms with Gasteiger partial charge in [0.2, 0.25) is 0 Å². The molecule has 4 aliphatic rings. The maximum atomic E-state index is 4.91. The normalized spacial score (nSPS) is 13.3. The minimum atomic E-state index is -0.433. The summed E-state index contributed by atoms with van der Waals surface area (Å²) in [7, 11) is 0. The standard InChI is InChI=1S/2C36H23N2.Pt/c2*1-3-12-25(13-4-1)38(26-14-5-2-6-15-26)27-21-22-30-34(24-27)36(33-20-11-23-37-35(30)33)31-18-9-7-16-28(31)29-17-8-10-19-32(29)36;/h2*1-21,23-24H;/q2*-1;+2. The minimum absolute atomic E-state index is 0. The van der Waals surface area contributed by atoms with E-state index in [1.807, 2.05) is 12.4 Å². The molecule has 0 amide bonds. The number of rotatable bonds is 6. The Labute approximate surface area is 463 Å². The Hall–Kier alpha value is -9.21. The molecule has 0 aliphatic heterocycles. The fraction of sp³-hybridized carbons (Fsp3) is 0.0278. The van der Waals surface area contributed by atoms with Gasteiger partial charge in [0.15, 0.2) is 0 Å². The summed E-state index contributed by atoms with van der Waals surface area (Å²) in [6, 6.07) is 103. The van der Waals surface area contributed by atoms with Crippen LogP contribution in [0.2, 0.25) is 0 Å². The molecule has 0 fully saturated rings. The van der Waals surface area contributed by atoms with Crippen molar-refractivity contribution in [2.24, 2.45) is 0 Å². The van der Waals surface area contributed by atoms with Gasteiger partial charge in [0.1, 0.15) is 0 Å². The fourth-order valence-corrected chi connectivity index (χ4v) is 13.2. The molecule has 2 aromatic heterocycles. The Morgan fingerprint density at radius 2 is 0.545 bits per heavy atom. The maximum absolute atomic E-state index is 4.91. The van der Waals surface area contributed by atoms with Gasteiger partial charge in [-0.3, -0.25) is 0 Å². The van der Waals surface area contributed by atoms with Crippen LogP contribution in [-0.2, 0) is 31.9 Å². The van der Waals surface area contributed by atoms with Crippen LogP contribution >= 0.6 is 0 Å². The monoisotopic (exact) mass is 1160 g/mol. The van der Waals surface area contributed by atoms with Gasteiger partial charge in [-0.25, -0.2) is 0 Å². The Morgan fingerprint density at radius 1 is 0.273 bits per heavy atom. The summed E-state index contributed by atoms with van der Waals surface area (Å²) in [5.74, 6) is 0. The molecule has 0 bridgehead atoms. The fourth-order valence-electron chi connectivity index (χ4n) is 13.2. The van der Waals surface area contributed by atoms with Gasteiger partial charge in [-0.2, -0.15) is 0 Å². The average Bonchev–Trinajstić information content (AvgIpc) is 4.36. The van der Waals surface area contributed by atoms with Crippen molar-refractivity contribution in [3.8, 4) is 44.8 Å². The third-order valence-electron chi connectivity index (χ3n) is 16.0. The second-order valence-corrected chi connectivity index (χ2v) is 19.8. The quantitative estimate of drug-likeness (QED) is 0.155. The summed E-state index contributed by atoms with van der Waals surface area (Å²) in [5, 5.41) is 0. The van der Waals surface area contributed by atoms with Gasteiger partial charge < -0.3 is 19.8 Å². The van der Waals surface area contributed by atoms with Gasteiger partial charge >= 0.3 is 21.1 Å². The number of anilines is 6. The van der Waals surface area contributed by atoms with Crippen LogP contribution in [-0.4, -0.2) is 9.97 Å². The van der Waals surface area contributed by atoms with E-state index in [1.165, 1.54) is 66.8 Å². The van der Waals surface area contributed by atoms with Crippen LogP contribution in [0.5, 0.6) is 0 Å². The number of hydrogen-bond acceptors (Lipinski definition) is 4. The summed E-state index contributed by atoms with van der Waals surface area (Å²) in [6.07, 6.45) is 3.80. The third-order valence-corrected chi connectivity index (χ3v) is 16.0. The molecule has 4 nitrogen and oxygen atoms in total. The molecule has 10 aromatic carbocycles. The average molecular weight is 1160 g/mol. The van der Waals surface area contributed by atoms with Crippen molar-refractivity contribution in [2.45, 2.75) is 10.8 Å². The van der Waals surface area contributed by atoms with Gasteiger partial charge in [0.25, 0.3) is 0 Å². The Morgan fingerprint density at radius 3 is 0.857 bits per heavy atom. The summed E-state index contributed by atoms with van der Waals surface area (Å²) in [6.45, 7) is 0. The molecule has 5 heteroatoms. The van der Waals surface area contributed by atoms with Crippen LogP contribution in [0.25, 0.3) is 44.8 Å². The first-order valence-electron chi connectivity index (χ1n) is 26.0. The largest absolute Gasteiger partial charge is 2.00 e. The van der Waals surface area contributed by atoms with E-state index in [4.69, 9.17) is 9.97 Å². The molecule has 12 aromatic rings. The van der Waals surface area contributed by atoms with E-state index < -0.39 is 10.8 Å². The molecule has 0 radical (unpaired) electrons. The van der Waals surface area contributed by atoms with E-state index in [0.717, 1.165) is 56.6 Å². The molecule has 16 rings (SSSR count). The predicted octanol–water partition coefficient (Wildman–Crippen LogP) is 17.4. The zero-order valence-electron chi connectivity index (χ0n) is 41.7. The van der Waals surface area contributed by atoms with E-state index in [1.54, 1.807) is 0 Å². The molecule has 0 atom stereocenters. The number of para-hydroxylation sites is 4. The van der Waals surface area contributed by atoms with E-state index in [2.05, 4.69) is 289 Å². The topological polar surface area (TPSA) is 32.3 Å². The second-order valence-electron chi connectivity index (χ2n) is 19.8. The molecule has 2 heterocycles. The van der Waals surface area contributed by atoms with Crippen LogP contribution in [0.4, 0.5) is 34.1 Å². The number of aromatic nitrogens is 2. The minimum Gasteiger partial charge on any atom is -0.352 e. The van der Waals surface area contributed by atoms with Gasteiger partial charge in [-0.1, -0.05) is 193 Å². The number of hydrogen-bond donors (Lipinski definition) is 0. The van der Waals surface area contributed by atoms with Crippen LogP contribution < -0.4 is 9.80 Å². The Balaban J connectivity index is 0.000000138. The molecule has 2 spiro atoms. The van der Waals surface area contributed by atoms with Crippen molar-refractivity contribution in [3.05, 3.63) is 336 Å².